The van der Waals surface area contributed by atoms with Gasteiger partial charge in [-0.1, -0.05) is 11.6 Å². The van der Waals surface area contributed by atoms with Crippen molar-refractivity contribution in [3.63, 3.8) is 0 Å². The molecule has 2 aromatic rings. The number of phenolic OH excluding ortho intramolecular Hbond substituents is 1. The van der Waals surface area contributed by atoms with Crippen LogP contribution >= 0.6 is 11.6 Å². The van der Waals surface area contributed by atoms with Crippen molar-refractivity contribution in [1.29, 1.82) is 0 Å². The lowest BCUT2D eigenvalue weighted by Gasteiger charge is -2.12. The molecule has 0 fully saturated rings. The molecule has 0 saturated heterocycles. The number of nitrogens with one attached hydrogen (secondary N) is 1. The van der Waals surface area contributed by atoms with Crippen LogP contribution in [0.15, 0.2) is 41.0 Å². The molecule has 0 aliphatic carbocycles. The van der Waals surface area contributed by atoms with Gasteiger partial charge in [0.2, 0.25) is 0 Å². The van der Waals surface area contributed by atoms with E-state index >= 15 is 0 Å². The normalized spacial score (nSPS) is 12.1. The molecule has 4 nitrogen and oxygen atoms in total. The summed E-state index contributed by atoms with van der Waals surface area (Å²) in [6.07, 6.45) is 2.22. The van der Waals surface area contributed by atoms with Crippen LogP contribution in [0, 0.1) is 0 Å². The van der Waals surface area contributed by atoms with E-state index in [2.05, 4.69) is 5.32 Å². The lowest BCUT2D eigenvalue weighted by atomic mass is 10.1. The summed E-state index contributed by atoms with van der Waals surface area (Å²) in [6, 6.07) is 7.96. The molecule has 19 heavy (non-hydrogen) atoms. The van der Waals surface area contributed by atoms with Gasteiger partial charge in [-0.25, -0.2) is 0 Å². The second-order valence-electron chi connectivity index (χ2n) is 4.32. The van der Waals surface area contributed by atoms with Gasteiger partial charge in [0.15, 0.2) is 0 Å². The largest absolute Gasteiger partial charge is 0.506 e. The Morgan fingerprint density at radius 3 is 2.89 bits per heavy atom. The van der Waals surface area contributed by atoms with E-state index in [9.17, 15) is 9.90 Å². The van der Waals surface area contributed by atoms with E-state index in [1.807, 2.05) is 19.1 Å². The lowest BCUT2D eigenvalue weighted by molar-refractivity contribution is 0.0939. The number of furan rings is 1. The summed E-state index contributed by atoms with van der Waals surface area (Å²) >= 11 is 5.76. The molecule has 0 radical (unpaired) electrons. The summed E-state index contributed by atoms with van der Waals surface area (Å²) in [7, 11) is 0. The Morgan fingerprint density at radius 1 is 1.47 bits per heavy atom. The summed E-state index contributed by atoms with van der Waals surface area (Å²) in [5, 5.41) is 12.3. The smallest absolute Gasteiger partial charge is 0.251 e. The van der Waals surface area contributed by atoms with Gasteiger partial charge in [-0.3, -0.25) is 4.79 Å². The molecule has 0 bridgehead atoms. The molecule has 0 aliphatic rings. The average Bonchev–Trinajstić information content (AvgIpc) is 2.85. The first-order valence-electron chi connectivity index (χ1n) is 5.88. The fraction of sp³-hybridized carbons (Fsp3) is 0.214. The van der Waals surface area contributed by atoms with Crippen LogP contribution in [-0.4, -0.2) is 17.1 Å². The number of benzene rings is 1. The fourth-order valence-electron chi connectivity index (χ4n) is 1.74. The summed E-state index contributed by atoms with van der Waals surface area (Å²) in [4.78, 5) is 12.0. The number of carbonyl (C=O) groups excluding carboxylic acids is 1. The van der Waals surface area contributed by atoms with Crippen molar-refractivity contribution >= 4 is 17.5 Å². The third-order valence-corrected chi connectivity index (χ3v) is 2.98. The van der Waals surface area contributed by atoms with Gasteiger partial charge >= 0.3 is 0 Å². The van der Waals surface area contributed by atoms with Crippen molar-refractivity contribution in [1.82, 2.24) is 5.32 Å². The molecular formula is C14H14ClNO3. The van der Waals surface area contributed by atoms with Crippen LogP contribution in [0.25, 0.3) is 0 Å². The highest BCUT2D eigenvalue weighted by Gasteiger charge is 2.12. The van der Waals surface area contributed by atoms with Crippen molar-refractivity contribution in [2.75, 3.05) is 0 Å². The predicted molar refractivity (Wildman–Crippen MR) is 72.5 cm³/mol. The van der Waals surface area contributed by atoms with Crippen molar-refractivity contribution in [3.8, 4) is 5.75 Å². The van der Waals surface area contributed by atoms with E-state index in [0.29, 0.717) is 12.0 Å². The maximum Gasteiger partial charge on any atom is 0.251 e. The first-order chi connectivity index (χ1) is 9.06. The van der Waals surface area contributed by atoms with E-state index in [1.54, 1.807) is 6.26 Å². The van der Waals surface area contributed by atoms with Gasteiger partial charge in [-0.05, 0) is 37.3 Å². The highest BCUT2D eigenvalue weighted by atomic mass is 35.5. The molecule has 100 valence electrons. The third-order valence-electron chi connectivity index (χ3n) is 2.67. The number of amides is 1. The summed E-state index contributed by atoms with van der Waals surface area (Å²) in [5.74, 6) is 0.541. The summed E-state index contributed by atoms with van der Waals surface area (Å²) < 4.78 is 5.22. The quantitative estimate of drug-likeness (QED) is 0.904. The van der Waals surface area contributed by atoms with Gasteiger partial charge in [-0.2, -0.15) is 0 Å². The number of aromatic hydroxyl groups is 1. The zero-order valence-electron chi connectivity index (χ0n) is 10.4. The number of rotatable bonds is 4. The van der Waals surface area contributed by atoms with Crippen LogP contribution in [0.4, 0.5) is 0 Å². The number of hydrogen-bond acceptors (Lipinski definition) is 3. The fourth-order valence-corrected chi connectivity index (χ4v) is 1.92. The van der Waals surface area contributed by atoms with Crippen LogP contribution in [0.1, 0.15) is 23.0 Å². The Morgan fingerprint density at radius 2 is 2.26 bits per heavy atom. The zero-order valence-corrected chi connectivity index (χ0v) is 11.1. The van der Waals surface area contributed by atoms with Gasteiger partial charge in [0.25, 0.3) is 5.91 Å². The van der Waals surface area contributed by atoms with Crippen LogP contribution in [-0.2, 0) is 6.42 Å². The molecule has 0 spiro atoms. The van der Waals surface area contributed by atoms with Gasteiger partial charge in [-0.15, -0.1) is 0 Å². The minimum absolute atomic E-state index is 0.0400. The van der Waals surface area contributed by atoms with Gasteiger partial charge in [0, 0.05) is 18.0 Å². The molecule has 1 aromatic carbocycles. The Hall–Kier alpha value is -1.94. The second kappa shape index (κ2) is 5.80. The summed E-state index contributed by atoms with van der Waals surface area (Å²) in [6.45, 7) is 1.89. The van der Waals surface area contributed by atoms with Crippen LogP contribution in [0.2, 0.25) is 5.02 Å². The first kappa shape index (κ1) is 13.5. The Labute approximate surface area is 116 Å². The van der Waals surface area contributed by atoms with Crippen molar-refractivity contribution in [2.24, 2.45) is 0 Å². The predicted octanol–water partition coefficient (Wildman–Crippen LogP) is 3.00. The topological polar surface area (TPSA) is 62.5 Å². The second-order valence-corrected chi connectivity index (χ2v) is 4.73. The van der Waals surface area contributed by atoms with Gasteiger partial charge < -0.3 is 14.8 Å². The standard InChI is InChI=1S/C14H14ClNO3/c1-9(7-11-3-2-6-19-11)16-14(18)10-4-5-13(17)12(15)8-10/h2-6,8-9,17H,7H2,1H3,(H,16,18). The number of phenols is 1. The number of halogens is 1. The van der Waals surface area contributed by atoms with E-state index in [1.165, 1.54) is 18.2 Å². The Bertz CT molecular complexity index is 566. The van der Waals surface area contributed by atoms with Crippen LogP contribution in [0.3, 0.4) is 0 Å². The monoisotopic (exact) mass is 279 g/mol. The van der Waals surface area contributed by atoms with E-state index in [0.717, 1.165) is 5.76 Å². The molecule has 1 aromatic heterocycles. The van der Waals surface area contributed by atoms with Crippen LogP contribution in [0.5, 0.6) is 5.75 Å². The van der Waals surface area contributed by atoms with Gasteiger partial charge in [0.05, 0.1) is 11.3 Å². The number of hydrogen-bond donors (Lipinski definition) is 2. The SMILES string of the molecule is CC(Cc1ccco1)NC(=O)c1ccc(O)c(Cl)c1. The van der Waals surface area contributed by atoms with E-state index < -0.39 is 0 Å². The van der Waals surface area contributed by atoms with E-state index in [-0.39, 0.29) is 22.7 Å². The van der Waals surface area contributed by atoms with Crippen molar-refractivity contribution in [3.05, 3.63) is 52.9 Å². The molecule has 2 rings (SSSR count). The summed E-state index contributed by atoms with van der Waals surface area (Å²) in [5.41, 5.74) is 0.411. The number of carbonyl (C=O) groups is 1. The minimum atomic E-state index is -0.235. The maximum absolute atomic E-state index is 12.0. The molecule has 0 saturated carbocycles. The maximum atomic E-state index is 12.0. The highest BCUT2D eigenvalue weighted by Crippen LogP contribution is 2.23. The highest BCUT2D eigenvalue weighted by molar-refractivity contribution is 6.32. The van der Waals surface area contributed by atoms with Crippen molar-refractivity contribution < 1.29 is 14.3 Å². The van der Waals surface area contributed by atoms with E-state index in [4.69, 9.17) is 16.0 Å². The zero-order chi connectivity index (χ0) is 13.8. The molecular weight excluding hydrogens is 266 g/mol. The molecule has 1 heterocycles. The first-order valence-corrected chi connectivity index (χ1v) is 6.26. The minimum Gasteiger partial charge on any atom is -0.506 e. The molecule has 5 heteroatoms. The third kappa shape index (κ3) is 3.51. The molecule has 2 N–H and O–H groups in total. The van der Waals surface area contributed by atoms with Gasteiger partial charge in [0.1, 0.15) is 11.5 Å². The van der Waals surface area contributed by atoms with Crippen LogP contribution < -0.4 is 5.32 Å². The molecule has 0 aliphatic heterocycles. The van der Waals surface area contributed by atoms with Crippen molar-refractivity contribution in [2.45, 2.75) is 19.4 Å². The Kier molecular flexibility index (Phi) is 4.12. The average molecular weight is 280 g/mol. The molecule has 1 atom stereocenters. The molecule has 1 amide bonds. The lowest BCUT2D eigenvalue weighted by Crippen LogP contribution is -2.33. The molecule has 1 unspecified atom stereocenters. The Balaban J connectivity index is 1.98.